The molecule has 6 nitrogen and oxygen atoms in total. The number of hydrogen-bond donors (Lipinski definition) is 0. The van der Waals surface area contributed by atoms with Gasteiger partial charge in [-0.2, -0.15) is 0 Å². The van der Waals surface area contributed by atoms with E-state index < -0.39 is 24.5 Å². The van der Waals surface area contributed by atoms with Crippen molar-refractivity contribution in [3.05, 3.63) is 0 Å². The first-order valence-corrected chi connectivity index (χ1v) is 12.4. The van der Waals surface area contributed by atoms with E-state index in [2.05, 4.69) is 55.4 Å². The summed E-state index contributed by atoms with van der Waals surface area (Å²) in [5.74, 6) is 0.934. The lowest BCUT2D eigenvalue weighted by Crippen LogP contribution is -2.38. The predicted molar refractivity (Wildman–Crippen MR) is 127 cm³/mol. The monoisotopic (exact) mass is 456 g/mol. The minimum atomic E-state index is -0.683. The normalized spacial score (nSPS) is 21.4. The highest BCUT2D eigenvalue weighted by molar-refractivity contribution is 5.61. The molecule has 4 unspecified atom stereocenters. The zero-order chi connectivity index (χ0) is 24.4. The van der Waals surface area contributed by atoms with Crippen LogP contribution in [0.4, 0.5) is 9.59 Å². The Morgan fingerprint density at radius 2 is 1.06 bits per heavy atom. The lowest BCUT2D eigenvalue weighted by molar-refractivity contribution is -0.0720. The molecule has 0 aliphatic heterocycles. The summed E-state index contributed by atoms with van der Waals surface area (Å²) in [5.41, 5.74) is 0.512. The van der Waals surface area contributed by atoms with Gasteiger partial charge < -0.3 is 18.9 Å². The third-order valence-electron chi connectivity index (χ3n) is 5.72. The molecule has 0 aromatic rings. The van der Waals surface area contributed by atoms with Gasteiger partial charge in [0.05, 0.1) is 13.2 Å². The van der Waals surface area contributed by atoms with Crippen molar-refractivity contribution in [2.45, 2.75) is 119 Å². The second-order valence-electron chi connectivity index (χ2n) is 12.1. The molecule has 0 N–H and O–H groups in total. The summed E-state index contributed by atoms with van der Waals surface area (Å²) in [7, 11) is 0. The van der Waals surface area contributed by atoms with E-state index in [-0.39, 0.29) is 10.8 Å². The molecule has 1 rings (SSSR count). The lowest BCUT2D eigenvalue weighted by Gasteiger charge is -2.30. The standard InChI is InChI=1S/C26H48O6/c1-19(17-25(3,4)5)13-15-29-23(27)31-21-11-9-10-12-22(21)32-24(28)30-16-14-20(2)18-26(6,7)8/h19-22H,9-18H2,1-8H3. The largest absolute Gasteiger partial charge is 0.508 e. The number of hydrogen-bond acceptors (Lipinski definition) is 6. The molecular weight excluding hydrogens is 408 g/mol. The Balaban J connectivity index is 2.35. The van der Waals surface area contributed by atoms with Crippen molar-refractivity contribution in [2.75, 3.05) is 13.2 Å². The molecule has 0 saturated heterocycles. The summed E-state index contributed by atoms with van der Waals surface area (Å²) in [4.78, 5) is 24.3. The average Bonchev–Trinajstić information content (AvgIpc) is 2.60. The zero-order valence-electron chi connectivity index (χ0n) is 21.8. The van der Waals surface area contributed by atoms with Crippen molar-refractivity contribution in [1.29, 1.82) is 0 Å². The first kappa shape index (κ1) is 28.6. The van der Waals surface area contributed by atoms with Crippen molar-refractivity contribution in [2.24, 2.45) is 22.7 Å². The second kappa shape index (κ2) is 13.3. The Bertz CT molecular complexity index is 510. The molecule has 1 saturated carbocycles. The maximum Gasteiger partial charge on any atom is 0.508 e. The molecule has 188 valence electrons. The molecule has 0 bridgehead atoms. The Morgan fingerprint density at radius 1 is 0.719 bits per heavy atom. The molecule has 0 amide bonds. The van der Waals surface area contributed by atoms with Crippen molar-refractivity contribution in [1.82, 2.24) is 0 Å². The zero-order valence-corrected chi connectivity index (χ0v) is 21.8. The molecule has 0 spiro atoms. The second-order valence-corrected chi connectivity index (χ2v) is 12.1. The maximum absolute atomic E-state index is 12.2. The molecule has 0 radical (unpaired) electrons. The van der Waals surface area contributed by atoms with E-state index in [4.69, 9.17) is 18.9 Å². The van der Waals surface area contributed by atoms with Crippen LogP contribution in [0.3, 0.4) is 0 Å². The van der Waals surface area contributed by atoms with Gasteiger partial charge in [-0.3, -0.25) is 0 Å². The van der Waals surface area contributed by atoms with Crippen LogP contribution in [0.2, 0.25) is 0 Å². The fraction of sp³-hybridized carbons (Fsp3) is 0.923. The molecule has 6 heteroatoms. The third-order valence-corrected chi connectivity index (χ3v) is 5.72. The molecule has 32 heavy (non-hydrogen) atoms. The molecule has 0 aromatic heterocycles. The molecule has 4 atom stereocenters. The van der Waals surface area contributed by atoms with Crippen molar-refractivity contribution < 1.29 is 28.5 Å². The van der Waals surface area contributed by atoms with Crippen LogP contribution in [0.15, 0.2) is 0 Å². The summed E-state index contributed by atoms with van der Waals surface area (Å²) in [6.45, 7) is 18.3. The van der Waals surface area contributed by atoms with Gasteiger partial charge in [0.15, 0.2) is 0 Å². The minimum absolute atomic E-state index is 0.256. The van der Waals surface area contributed by atoms with Crippen LogP contribution in [-0.4, -0.2) is 37.7 Å². The summed E-state index contributed by atoms with van der Waals surface area (Å²) >= 11 is 0. The number of rotatable bonds is 10. The topological polar surface area (TPSA) is 71.1 Å². The van der Waals surface area contributed by atoms with Crippen LogP contribution < -0.4 is 0 Å². The van der Waals surface area contributed by atoms with Crippen LogP contribution in [0.25, 0.3) is 0 Å². The van der Waals surface area contributed by atoms with Gasteiger partial charge in [-0.15, -0.1) is 0 Å². The van der Waals surface area contributed by atoms with E-state index in [0.29, 0.717) is 37.9 Å². The number of carbonyl (C=O) groups excluding carboxylic acids is 2. The van der Waals surface area contributed by atoms with Gasteiger partial charge in [0, 0.05) is 0 Å². The minimum Gasteiger partial charge on any atom is -0.434 e. The van der Waals surface area contributed by atoms with E-state index in [1.54, 1.807) is 0 Å². The Kier molecular flexibility index (Phi) is 11.9. The quantitative estimate of drug-likeness (QED) is 0.316. The third kappa shape index (κ3) is 13.8. The predicted octanol–water partition coefficient (Wildman–Crippen LogP) is 7.53. The molecular formula is C26H48O6. The first-order valence-electron chi connectivity index (χ1n) is 12.4. The molecule has 1 aliphatic carbocycles. The van der Waals surface area contributed by atoms with E-state index >= 15 is 0 Å². The lowest BCUT2D eigenvalue weighted by atomic mass is 9.84. The Labute approximate surface area is 196 Å². The van der Waals surface area contributed by atoms with Crippen molar-refractivity contribution >= 4 is 12.3 Å². The molecule has 0 aromatic carbocycles. The Morgan fingerprint density at radius 3 is 1.38 bits per heavy atom. The highest BCUT2D eigenvalue weighted by Crippen LogP contribution is 2.28. The molecule has 1 fully saturated rings. The SMILES string of the molecule is CC(CCOC(=O)OC1CCCCC1OC(=O)OCCC(C)CC(C)(C)C)CC(C)(C)C. The molecule has 1 aliphatic rings. The fourth-order valence-corrected chi connectivity index (χ4v) is 4.63. The Hall–Kier alpha value is -1.46. The summed E-state index contributed by atoms with van der Waals surface area (Å²) in [5, 5.41) is 0. The molecule has 0 heterocycles. The first-order chi connectivity index (χ1) is 14.7. The smallest absolute Gasteiger partial charge is 0.434 e. The van der Waals surface area contributed by atoms with Crippen molar-refractivity contribution in [3.63, 3.8) is 0 Å². The highest BCUT2D eigenvalue weighted by Gasteiger charge is 2.32. The van der Waals surface area contributed by atoms with Gasteiger partial charge in [-0.1, -0.05) is 55.4 Å². The van der Waals surface area contributed by atoms with E-state index in [1.165, 1.54) is 0 Å². The number of ether oxygens (including phenoxy) is 4. The van der Waals surface area contributed by atoms with Crippen LogP contribution in [-0.2, 0) is 18.9 Å². The maximum atomic E-state index is 12.2. The van der Waals surface area contributed by atoms with Crippen LogP contribution in [0.1, 0.15) is 107 Å². The van der Waals surface area contributed by atoms with Gasteiger partial charge >= 0.3 is 12.3 Å². The summed E-state index contributed by atoms with van der Waals surface area (Å²) in [6, 6.07) is 0. The van der Waals surface area contributed by atoms with Crippen LogP contribution in [0.5, 0.6) is 0 Å². The number of carbonyl (C=O) groups is 2. The van der Waals surface area contributed by atoms with Gasteiger partial charge in [-0.05, 0) is 74.0 Å². The van der Waals surface area contributed by atoms with Gasteiger partial charge in [-0.25, -0.2) is 9.59 Å². The average molecular weight is 457 g/mol. The van der Waals surface area contributed by atoms with Gasteiger partial charge in [0.25, 0.3) is 0 Å². The fourth-order valence-electron chi connectivity index (χ4n) is 4.63. The summed E-state index contributed by atoms with van der Waals surface area (Å²) < 4.78 is 21.5. The van der Waals surface area contributed by atoms with Gasteiger partial charge in [0.2, 0.25) is 0 Å². The summed E-state index contributed by atoms with van der Waals surface area (Å²) in [6.07, 6.45) is 4.61. The van der Waals surface area contributed by atoms with Crippen LogP contribution >= 0.6 is 0 Å². The van der Waals surface area contributed by atoms with Crippen molar-refractivity contribution in [3.8, 4) is 0 Å². The van der Waals surface area contributed by atoms with E-state index in [0.717, 1.165) is 38.5 Å². The van der Waals surface area contributed by atoms with E-state index in [1.807, 2.05) is 0 Å². The highest BCUT2D eigenvalue weighted by atomic mass is 16.8. The van der Waals surface area contributed by atoms with E-state index in [9.17, 15) is 9.59 Å². The van der Waals surface area contributed by atoms with Crippen LogP contribution in [0, 0.1) is 22.7 Å². The van der Waals surface area contributed by atoms with Gasteiger partial charge in [0.1, 0.15) is 12.2 Å².